The molecule has 0 aromatic rings. The summed E-state index contributed by atoms with van der Waals surface area (Å²) in [7, 11) is 0. The molecule has 3 saturated carbocycles. The van der Waals surface area contributed by atoms with E-state index in [1.54, 1.807) is 0 Å². The molecule has 2 bridgehead atoms. The number of rotatable bonds is 4. The van der Waals surface area contributed by atoms with Gasteiger partial charge >= 0.3 is 0 Å². The third kappa shape index (κ3) is 1.92. The molecule has 3 heteroatoms. The Labute approximate surface area is 106 Å². The van der Waals surface area contributed by atoms with Crippen molar-refractivity contribution in [3.8, 4) is 0 Å². The normalized spacial score (nSPS) is 36.7. The lowest BCUT2D eigenvalue weighted by molar-refractivity contribution is -0.137. The molecule has 3 fully saturated rings. The maximum atomic E-state index is 12.5. The lowest BCUT2D eigenvalue weighted by atomic mass is 9.87. The first-order valence-corrected chi connectivity index (χ1v) is 7.78. The van der Waals surface area contributed by atoms with E-state index in [-0.39, 0.29) is 0 Å². The van der Waals surface area contributed by atoms with Gasteiger partial charge < -0.3 is 4.90 Å². The number of hydrogen-bond donors (Lipinski definition) is 0. The zero-order chi connectivity index (χ0) is 11.1. The molecule has 3 aliphatic carbocycles. The van der Waals surface area contributed by atoms with Crippen molar-refractivity contribution >= 4 is 21.8 Å². The Hall–Kier alpha value is -0.0500. The zero-order valence-electron chi connectivity index (χ0n) is 9.70. The molecular formula is C13H20BrNO. The van der Waals surface area contributed by atoms with Crippen LogP contribution in [-0.2, 0) is 4.79 Å². The Morgan fingerprint density at radius 1 is 1.19 bits per heavy atom. The highest BCUT2D eigenvalue weighted by atomic mass is 79.9. The minimum absolute atomic E-state index is 0.387. The van der Waals surface area contributed by atoms with Gasteiger partial charge in [-0.25, -0.2) is 0 Å². The van der Waals surface area contributed by atoms with Crippen LogP contribution >= 0.6 is 15.9 Å². The number of carbonyl (C=O) groups is 1. The third-order valence-corrected chi connectivity index (χ3v) is 5.01. The molecular weight excluding hydrogens is 266 g/mol. The molecule has 0 radical (unpaired) electrons. The predicted octanol–water partition coefficient (Wildman–Crippen LogP) is 2.81. The molecule has 0 spiro atoms. The highest BCUT2D eigenvalue weighted by Gasteiger charge is 2.46. The van der Waals surface area contributed by atoms with Crippen LogP contribution < -0.4 is 0 Å². The van der Waals surface area contributed by atoms with Crippen LogP contribution in [0.25, 0.3) is 0 Å². The van der Waals surface area contributed by atoms with Crippen molar-refractivity contribution < 1.29 is 4.79 Å². The quantitative estimate of drug-likeness (QED) is 0.728. The molecule has 3 atom stereocenters. The van der Waals surface area contributed by atoms with E-state index >= 15 is 0 Å². The van der Waals surface area contributed by atoms with E-state index < -0.39 is 0 Å². The minimum atomic E-state index is 0.387. The van der Waals surface area contributed by atoms with E-state index in [0.717, 1.165) is 23.7 Å². The van der Waals surface area contributed by atoms with Gasteiger partial charge in [-0.15, -0.1) is 0 Å². The molecule has 0 aromatic carbocycles. The fraction of sp³-hybridized carbons (Fsp3) is 0.923. The monoisotopic (exact) mass is 285 g/mol. The topological polar surface area (TPSA) is 20.3 Å². The number of nitrogens with zero attached hydrogens (tertiary/aromatic N) is 1. The summed E-state index contributed by atoms with van der Waals surface area (Å²) in [5.74, 6) is 2.48. The van der Waals surface area contributed by atoms with Gasteiger partial charge in [0.2, 0.25) is 5.91 Å². The molecule has 3 rings (SSSR count). The smallest absolute Gasteiger partial charge is 0.226 e. The molecule has 1 amide bonds. The second-order valence-electron chi connectivity index (χ2n) is 5.73. The highest BCUT2D eigenvalue weighted by Crippen LogP contribution is 2.49. The van der Waals surface area contributed by atoms with Crippen molar-refractivity contribution in [3.05, 3.63) is 0 Å². The van der Waals surface area contributed by atoms with Gasteiger partial charge in [0.25, 0.3) is 0 Å². The average Bonchev–Trinajstić information content (AvgIpc) is 2.91. The molecule has 90 valence electrons. The van der Waals surface area contributed by atoms with Crippen LogP contribution in [0.3, 0.4) is 0 Å². The summed E-state index contributed by atoms with van der Waals surface area (Å²) >= 11 is 3.47. The Kier molecular flexibility index (Phi) is 2.99. The Balaban J connectivity index is 1.66. The van der Waals surface area contributed by atoms with Gasteiger partial charge in [-0.2, -0.15) is 0 Å². The first-order chi connectivity index (χ1) is 7.79. The summed E-state index contributed by atoms with van der Waals surface area (Å²) in [6.07, 6.45) is 7.70. The van der Waals surface area contributed by atoms with Crippen LogP contribution in [0.15, 0.2) is 0 Å². The van der Waals surface area contributed by atoms with Gasteiger partial charge in [0.15, 0.2) is 0 Å². The Morgan fingerprint density at radius 3 is 2.50 bits per heavy atom. The maximum absolute atomic E-state index is 12.5. The van der Waals surface area contributed by atoms with Crippen LogP contribution in [0.1, 0.15) is 38.5 Å². The average molecular weight is 286 g/mol. The lowest BCUT2D eigenvalue weighted by Gasteiger charge is -2.29. The van der Waals surface area contributed by atoms with Gasteiger partial charge in [0, 0.05) is 23.8 Å². The van der Waals surface area contributed by atoms with Crippen molar-refractivity contribution in [2.75, 3.05) is 11.9 Å². The van der Waals surface area contributed by atoms with Crippen LogP contribution in [0.4, 0.5) is 0 Å². The minimum Gasteiger partial charge on any atom is -0.339 e. The first kappa shape index (κ1) is 11.1. The summed E-state index contributed by atoms with van der Waals surface area (Å²) in [6, 6.07) is 0.587. The molecule has 0 aliphatic heterocycles. The lowest BCUT2D eigenvalue weighted by Crippen LogP contribution is -2.40. The van der Waals surface area contributed by atoms with Crippen molar-refractivity contribution in [1.29, 1.82) is 0 Å². The summed E-state index contributed by atoms with van der Waals surface area (Å²) in [5.41, 5.74) is 0. The number of alkyl halides is 1. The standard InChI is InChI=1S/C13H20BrNO/c14-5-6-15(11-3-4-11)13(16)12-8-9-1-2-10(12)7-9/h9-12H,1-8H2. The predicted molar refractivity (Wildman–Crippen MR) is 67.5 cm³/mol. The molecule has 16 heavy (non-hydrogen) atoms. The maximum Gasteiger partial charge on any atom is 0.226 e. The second kappa shape index (κ2) is 4.32. The fourth-order valence-electron chi connectivity index (χ4n) is 3.71. The van der Waals surface area contributed by atoms with Crippen LogP contribution in [0.2, 0.25) is 0 Å². The van der Waals surface area contributed by atoms with E-state index in [0.29, 0.717) is 17.9 Å². The van der Waals surface area contributed by atoms with E-state index in [1.807, 2.05) is 0 Å². The second-order valence-corrected chi connectivity index (χ2v) is 6.53. The SMILES string of the molecule is O=C(C1CC2CCC1C2)N(CCBr)C1CC1. The van der Waals surface area contributed by atoms with Crippen molar-refractivity contribution in [2.24, 2.45) is 17.8 Å². The number of fused-ring (bicyclic) bond motifs is 2. The molecule has 0 heterocycles. The summed E-state index contributed by atoms with van der Waals surface area (Å²) in [5, 5.41) is 0.927. The van der Waals surface area contributed by atoms with E-state index in [9.17, 15) is 4.79 Å². The van der Waals surface area contributed by atoms with Crippen molar-refractivity contribution in [1.82, 2.24) is 4.90 Å². The number of amides is 1. The van der Waals surface area contributed by atoms with Gasteiger partial charge in [-0.3, -0.25) is 4.79 Å². The van der Waals surface area contributed by atoms with Crippen molar-refractivity contribution in [3.63, 3.8) is 0 Å². The number of halogens is 1. The largest absolute Gasteiger partial charge is 0.339 e. The van der Waals surface area contributed by atoms with Crippen LogP contribution in [-0.4, -0.2) is 28.7 Å². The van der Waals surface area contributed by atoms with E-state index in [1.165, 1.54) is 38.5 Å². The number of carbonyl (C=O) groups excluding carboxylic acids is 1. The van der Waals surface area contributed by atoms with Crippen LogP contribution in [0.5, 0.6) is 0 Å². The number of hydrogen-bond acceptors (Lipinski definition) is 1. The molecule has 3 unspecified atom stereocenters. The molecule has 0 aromatic heterocycles. The van der Waals surface area contributed by atoms with Crippen molar-refractivity contribution in [2.45, 2.75) is 44.6 Å². The Bertz CT molecular complexity index is 286. The first-order valence-electron chi connectivity index (χ1n) is 6.66. The third-order valence-electron chi connectivity index (χ3n) is 4.65. The molecule has 0 N–H and O–H groups in total. The summed E-state index contributed by atoms with van der Waals surface area (Å²) in [6.45, 7) is 0.914. The fourth-order valence-corrected chi connectivity index (χ4v) is 4.09. The highest BCUT2D eigenvalue weighted by molar-refractivity contribution is 9.09. The van der Waals surface area contributed by atoms with Gasteiger partial charge in [-0.05, 0) is 43.9 Å². The molecule has 2 nitrogen and oxygen atoms in total. The van der Waals surface area contributed by atoms with Gasteiger partial charge in [0.05, 0.1) is 0 Å². The van der Waals surface area contributed by atoms with E-state index in [4.69, 9.17) is 0 Å². The Morgan fingerprint density at radius 2 is 2.00 bits per heavy atom. The van der Waals surface area contributed by atoms with Crippen LogP contribution in [0, 0.1) is 17.8 Å². The van der Waals surface area contributed by atoms with Gasteiger partial charge in [-0.1, -0.05) is 22.4 Å². The molecule has 0 saturated heterocycles. The zero-order valence-corrected chi connectivity index (χ0v) is 11.3. The molecule has 3 aliphatic rings. The summed E-state index contributed by atoms with van der Waals surface area (Å²) < 4.78 is 0. The van der Waals surface area contributed by atoms with Gasteiger partial charge in [0.1, 0.15) is 0 Å². The van der Waals surface area contributed by atoms with E-state index in [2.05, 4.69) is 20.8 Å². The summed E-state index contributed by atoms with van der Waals surface area (Å²) in [4.78, 5) is 14.7.